The standard InChI is InChI=1S/C21H23N3O3S/c1-15(16-8-4-3-5-9-16)22-20(25)13-27-21(26)12-24-18-11-7-6-10-17(18)23-19(24)14-28-2/h3-11,15H,12-14H2,1-2H3,(H,22,25)/t15-/m0/s1. The first kappa shape index (κ1) is 19.9. The molecule has 0 spiro atoms. The molecule has 0 saturated carbocycles. The Morgan fingerprint density at radius 2 is 1.86 bits per heavy atom. The first-order valence-electron chi connectivity index (χ1n) is 9.01. The summed E-state index contributed by atoms with van der Waals surface area (Å²) in [4.78, 5) is 29.0. The van der Waals surface area contributed by atoms with E-state index in [1.807, 2.05) is 72.3 Å². The Hall–Kier alpha value is -2.80. The molecule has 6 nitrogen and oxygen atoms in total. The third kappa shape index (κ3) is 4.92. The maximum Gasteiger partial charge on any atom is 0.326 e. The molecule has 0 radical (unpaired) electrons. The highest BCUT2D eigenvalue weighted by molar-refractivity contribution is 7.97. The Morgan fingerprint density at radius 3 is 2.61 bits per heavy atom. The molecule has 146 valence electrons. The van der Waals surface area contributed by atoms with E-state index in [1.54, 1.807) is 11.8 Å². The third-order valence-electron chi connectivity index (χ3n) is 4.34. The quantitative estimate of drug-likeness (QED) is 0.590. The highest BCUT2D eigenvalue weighted by Crippen LogP contribution is 2.19. The van der Waals surface area contributed by atoms with Crippen LogP contribution in [0.5, 0.6) is 0 Å². The zero-order valence-electron chi connectivity index (χ0n) is 15.9. The number of hydrogen-bond acceptors (Lipinski definition) is 5. The van der Waals surface area contributed by atoms with E-state index in [1.165, 1.54) is 0 Å². The lowest BCUT2D eigenvalue weighted by atomic mass is 10.1. The highest BCUT2D eigenvalue weighted by Gasteiger charge is 2.16. The number of nitrogens with zero attached hydrogens (tertiary/aromatic N) is 2. The lowest BCUT2D eigenvalue weighted by Gasteiger charge is -2.14. The summed E-state index contributed by atoms with van der Waals surface area (Å²) in [6.45, 7) is 1.61. The van der Waals surface area contributed by atoms with Crippen molar-refractivity contribution in [2.24, 2.45) is 0 Å². The number of fused-ring (bicyclic) bond motifs is 1. The van der Waals surface area contributed by atoms with Crippen LogP contribution in [0.15, 0.2) is 54.6 Å². The fraction of sp³-hybridized carbons (Fsp3) is 0.286. The normalized spacial score (nSPS) is 11.9. The van der Waals surface area contributed by atoms with Crippen LogP contribution in [0.4, 0.5) is 0 Å². The van der Waals surface area contributed by atoms with Crippen molar-refractivity contribution in [3.63, 3.8) is 0 Å². The number of aromatic nitrogens is 2. The second-order valence-electron chi connectivity index (χ2n) is 6.40. The molecule has 0 saturated heterocycles. The van der Waals surface area contributed by atoms with E-state index >= 15 is 0 Å². The second kappa shape index (κ2) is 9.41. The minimum atomic E-state index is -0.465. The maximum absolute atomic E-state index is 12.3. The van der Waals surface area contributed by atoms with Crippen molar-refractivity contribution in [2.75, 3.05) is 12.9 Å². The van der Waals surface area contributed by atoms with Crippen LogP contribution in [0, 0.1) is 0 Å². The lowest BCUT2D eigenvalue weighted by Crippen LogP contribution is -2.31. The number of rotatable bonds is 8. The van der Waals surface area contributed by atoms with Crippen molar-refractivity contribution >= 4 is 34.7 Å². The van der Waals surface area contributed by atoms with Crippen LogP contribution in [0.3, 0.4) is 0 Å². The predicted molar refractivity (Wildman–Crippen MR) is 111 cm³/mol. The van der Waals surface area contributed by atoms with Crippen molar-refractivity contribution in [1.82, 2.24) is 14.9 Å². The third-order valence-corrected chi connectivity index (χ3v) is 4.88. The van der Waals surface area contributed by atoms with Gasteiger partial charge in [0.15, 0.2) is 6.61 Å². The van der Waals surface area contributed by atoms with Gasteiger partial charge in [0.25, 0.3) is 5.91 Å². The van der Waals surface area contributed by atoms with Gasteiger partial charge in [-0.05, 0) is 30.9 Å². The largest absolute Gasteiger partial charge is 0.454 e. The van der Waals surface area contributed by atoms with Crippen LogP contribution < -0.4 is 5.32 Å². The number of imidazole rings is 1. The van der Waals surface area contributed by atoms with Gasteiger partial charge in [-0.2, -0.15) is 11.8 Å². The van der Waals surface area contributed by atoms with Crippen LogP contribution in [-0.4, -0.2) is 34.3 Å². The van der Waals surface area contributed by atoms with Gasteiger partial charge in [0.2, 0.25) is 0 Å². The van der Waals surface area contributed by atoms with E-state index in [0.29, 0.717) is 5.75 Å². The molecule has 0 aliphatic carbocycles. The van der Waals surface area contributed by atoms with Crippen LogP contribution >= 0.6 is 11.8 Å². The molecule has 1 amide bonds. The maximum atomic E-state index is 12.3. The van der Waals surface area contributed by atoms with Crippen LogP contribution in [-0.2, 0) is 26.6 Å². The molecule has 28 heavy (non-hydrogen) atoms. The van der Waals surface area contributed by atoms with Crippen molar-refractivity contribution < 1.29 is 14.3 Å². The molecule has 3 rings (SSSR count). The fourth-order valence-electron chi connectivity index (χ4n) is 2.97. The van der Waals surface area contributed by atoms with Crippen molar-refractivity contribution in [3.05, 3.63) is 66.0 Å². The van der Waals surface area contributed by atoms with Gasteiger partial charge in [-0.15, -0.1) is 0 Å². The Kier molecular flexibility index (Phi) is 6.71. The van der Waals surface area contributed by atoms with Gasteiger partial charge >= 0.3 is 5.97 Å². The summed E-state index contributed by atoms with van der Waals surface area (Å²) in [7, 11) is 0. The molecule has 1 atom stereocenters. The van der Waals surface area contributed by atoms with Crippen LogP contribution in [0.1, 0.15) is 24.4 Å². The first-order chi connectivity index (χ1) is 13.6. The number of ether oxygens (including phenoxy) is 1. The number of para-hydroxylation sites is 2. The summed E-state index contributed by atoms with van der Waals surface area (Å²) in [5.41, 5.74) is 2.72. The number of thioether (sulfide) groups is 1. The Morgan fingerprint density at radius 1 is 1.14 bits per heavy atom. The SMILES string of the molecule is CSCc1nc2ccccc2n1CC(=O)OCC(=O)N[C@@H](C)c1ccccc1. The molecule has 2 aromatic carbocycles. The molecular formula is C21H23N3O3S. The Bertz CT molecular complexity index is 956. The summed E-state index contributed by atoms with van der Waals surface area (Å²) >= 11 is 1.63. The van der Waals surface area contributed by atoms with E-state index in [2.05, 4.69) is 10.3 Å². The van der Waals surface area contributed by atoms with Crippen molar-refractivity contribution in [3.8, 4) is 0 Å². The van der Waals surface area contributed by atoms with Crippen LogP contribution in [0.2, 0.25) is 0 Å². The lowest BCUT2D eigenvalue weighted by molar-refractivity contribution is -0.149. The Balaban J connectivity index is 1.58. The van der Waals surface area contributed by atoms with Gasteiger partial charge in [-0.1, -0.05) is 42.5 Å². The Labute approximate surface area is 168 Å². The van der Waals surface area contributed by atoms with E-state index in [-0.39, 0.29) is 25.1 Å². The van der Waals surface area contributed by atoms with E-state index in [0.717, 1.165) is 22.4 Å². The topological polar surface area (TPSA) is 73.2 Å². The minimum absolute atomic E-state index is 0.0257. The zero-order chi connectivity index (χ0) is 19.9. The molecule has 7 heteroatoms. The number of carbonyl (C=O) groups excluding carboxylic acids is 2. The van der Waals surface area contributed by atoms with Gasteiger partial charge in [-0.3, -0.25) is 9.59 Å². The summed E-state index contributed by atoms with van der Waals surface area (Å²) in [5.74, 6) is 0.710. The van der Waals surface area contributed by atoms with Crippen molar-refractivity contribution in [1.29, 1.82) is 0 Å². The summed E-state index contributed by atoms with van der Waals surface area (Å²) in [6.07, 6.45) is 1.99. The monoisotopic (exact) mass is 397 g/mol. The molecule has 0 aliphatic heterocycles. The number of amides is 1. The molecule has 0 aliphatic rings. The average molecular weight is 398 g/mol. The molecule has 0 fully saturated rings. The number of hydrogen-bond donors (Lipinski definition) is 1. The summed E-state index contributed by atoms with van der Waals surface area (Å²) < 4.78 is 7.04. The first-order valence-corrected chi connectivity index (χ1v) is 10.4. The number of carbonyl (C=O) groups is 2. The summed E-state index contributed by atoms with van der Waals surface area (Å²) in [5, 5.41) is 2.83. The second-order valence-corrected chi connectivity index (χ2v) is 7.26. The number of nitrogens with one attached hydrogen (secondary N) is 1. The van der Waals surface area contributed by atoms with Crippen molar-refractivity contribution in [2.45, 2.75) is 25.3 Å². The predicted octanol–water partition coefficient (Wildman–Crippen LogP) is 3.32. The zero-order valence-corrected chi connectivity index (χ0v) is 16.7. The fourth-order valence-corrected chi connectivity index (χ4v) is 3.45. The highest BCUT2D eigenvalue weighted by atomic mass is 32.2. The van der Waals surface area contributed by atoms with Gasteiger partial charge < -0.3 is 14.6 Å². The van der Waals surface area contributed by atoms with Gasteiger partial charge in [0.05, 0.1) is 22.8 Å². The molecule has 1 heterocycles. The number of esters is 1. The molecule has 3 aromatic rings. The molecule has 0 bridgehead atoms. The van der Waals surface area contributed by atoms with Gasteiger partial charge in [0, 0.05) is 0 Å². The molecule has 1 aromatic heterocycles. The van der Waals surface area contributed by atoms with Crippen LogP contribution in [0.25, 0.3) is 11.0 Å². The summed E-state index contributed by atoms with van der Waals surface area (Å²) in [6, 6.07) is 17.1. The number of benzene rings is 2. The van der Waals surface area contributed by atoms with E-state index in [4.69, 9.17) is 4.74 Å². The minimum Gasteiger partial charge on any atom is -0.454 e. The van der Waals surface area contributed by atoms with E-state index in [9.17, 15) is 9.59 Å². The average Bonchev–Trinajstić information content (AvgIpc) is 3.04. The van der Waals surface area contributed by atoms with E-state index < -0.39 is 5.97 Å². The smallest absolute Gasteiger partial charge is 0.326 e. The van der Waals surface area contributed by atoms with Gasteiger partial charge in [0.1, 0.15) is 12.4 Å². The molecule has 0 unspecified atom stereocenters. The molecule has 1 N–H and O–H groups in total. The molecular weight excluding hydrogens is 374 g/mol. The van der Waals surface area contributed by atoms with Gasteiger partial charge in [-0.25, -0.2) is 4.98 Å².